The monoisotopic (exact) mass is 234 g/mol. The quantitative estimate of drug-likeness (QED) is 0.814. The lowest BCUT2D eigenvalue weighted by Crippen LogP contribution is -2.31. The maximum atomic E-state index is 12.2. The zero-order valence-corrected chi connectivity index (χ0v) is 11.2. The van der Waals surface area contributed by atoms with E-state index in [0.717, 1.165) is 18.5 Å². The van der Waals surface area contributed by atoms with Gasteiger partial charge in [0.25, 0.3) is 5.91 Å². The van der Waals surface area contributed by atoms with Crippen molar-refractivity contribution in [1.82, 2.24) is 4.90 Å². The van der Waals surface area contributed by atoms with Crippen LogP contribution in [-0.4, -0.2) is 24.4 Å². The first kappa shape index (κ1) is 13.6. The Balaban J connectivity index is 2.85. The molecule has 0 aliphatic heterocycles. The zero-order valence-electron chi connectivity index (χ0n) is 11.2. The fourth-order valence-electron chi connectivity index (χ4n) is 1.77. The first-order valence-electron chi connectivity index (χ1n) is 6.07. The van der Waals surface area contributed by atoms with E-state index in [1.165, 1.54) is 0 Å². The molecule has 0 bridgehead atoms. The van der Waals surface area contributed by atoms with Gasteiger partial charge < -0.3 is 10.6 Å². The Bertz CT molecular complexity index is 401. The summed E-state index contributed by atoms with van der Waals surface area (Å²) in [7, 11) is 1.84. The maximum Gasteiger partial charge on any atom is 0.253 e. The van der Waals surface area contributed by atoms with Crippen LogP contribution in [0.15, 0.2) is 18.2 Å². The lowest BCUT2D eigenvalue weighted by atomic mass is 10.0. The van der Waals surface area contributed by atoms with Crippen LogP contribution in [0.1, 0.15) is 36.2 Å². The number of benzene rings is 1. The number of nitrogens with zero attached hydrogens (tertiary/aromatic N) is 1. The standard InChI is InChI=1S/C14H22N2O/c1-5-10(2)9-16(4)14(17)12-7-6-8-13(15)11(12)3/h6-8,10H,5,9,15H2,1-4H3. The molecule has 2 N–H and O–H groups in total. The molecule has 3 nitrogen and oxygen atoms in total. The molecule has 1 aromatic rings. The highest BCUT2D eigenvalue weighted by Crippen LogP contribution is 2.17. The topological polar surface area (TPSA) is 46.3 Å². The van der Waals surface area contributed by atoms with Crippen LogP contribution in [0, 0.1) is 12.8 Å². The molecule has 0 fully saturated rings. The van der Waals surface area contributed by atoms with Crippen LogP contribution in [0.3, 0.4) is 0 Å². The summed E-state index contributed by atoms with van der Waals surface area (Å²) in [5.74, 6) is 0.570. The van der Waals surface area contributed by atoms with E-state index in [1.54, 1.807) is 4.90 Å². The fraction of sp³-hybridized carbons (Fsp3) is 0.500. The summed E-state index contributed by atoms with van der Waals surface area (Å²) in [6.07, 6.45) is 1.08. The molecular formula is C14H22N2O. The van der Waals surface area contributed by atoms with E-state index in [4.69, 9.17) is 5.73 Å². The Hall–Kier alpha value is -1.51. The maximum absolute atomic E-state index is 12.2. The molecule has 1 amide bonds. The second kappa shape index (κ2) is 5.71. The lowest BCUT2D eigenvalue weighted by Gasteiger charge is -2.22. The number of amides is 1. The van der Waals surface area contributed by atoms with Gasteiger partial charge in [0.1, 0.15) is 0 Å². The third kappa shape index (κ3) is 3.22. The summed E-state index contributed by atoms with van der Waals surface area (Å²) < 4.78 is 0. The summed E-state index contributed by atoms with van der Waals surface area (Å²) in [5, 5.41) is 0. The SMILES string of the molecule is CCC(C)CN(C)C(=O)c1cccc(N)c1C. The third-order valence-electron chi connectivity index (χ3n) is 3.24. The summed E-state index contributed by atoms with van der Waals surface area (Å²) in [5.41, 5.74) is 8.06. The van der Waals surface area contributed by atoms with Gasteiger partial charge in [-0.1, -0.05) is 26.3 Å². The lowest BCUT2D eigenvalue weighted by molar-refractivity contribution is 0.0774. The average molecular weight is 234 g/mol. The van der Waals surface area contributed by atoms with Crippen molar-refractivity contribution in [2.45, 2.75) is 27.2 Å². The summed E-state index contributed by atoms with van der Waals surface area (Å²) in [6, 6.07) is 5.48. The molecule has 0 aliphatic carbocycles. The molecule has 0 saturated heterocycles. The minimum atomic E-state index is 0.0510. The van der Waals surface area contributed by atoms with Crippen molar-refractivity contribution in [1.29, 1.82) is 0 Å². The van der Waals surface area contributed by atoms with Crippen LogP contribution in [0.2, 0.25) is 0 Å². The summed E-state index contributed by atoms with van der Waals surface area (Å²) in [6.45, 7) is 6.95. The van der Waals surface area contributed by atoms with E-state index in [0.29, 0.717) is 17.2 Å². The summed E-state index contributed by atoms with van der Waals surface area (Å²) in [4.78, 5) is 14.0. The second-order valence-corrected chi connectivity index (χ2v) is 4.72. The fourth-order valence-corrected chi connectivity index (χ4v) is 1.77. The first-order valence-corrected chi connectivity index (χ1v) is 6.07. The molecule has 0 aromatic heterocycles. The third-order valence-corrected chi connectivity index (χ3v) is 3.24. The van der Waals surface area contributed by atoms with Gasteiger partial charge in [-0.25, -0.2) is 0 Å². The average Bonchev–Trinajstić information content (AvgIpc) is 2.31. The molecule has 3 heteroatoms. The predicted octanol–water partition coefficient (Wildman–Crippen LogP) is 2.70. The molecule has 0 heterocycles. The number of hydrogen-bond acceptors (Lipinski definition) is 2. The Morgan fingerprint density at radius 3 is 2.71 bits per heavy atom. The van der Waals surface area contributed by atoms with Gasteiger partial charge in [0.15, 0.2) is 0 Å². The van der Waals surface area contributed by atoms with Gasteiger partial charge in [0.2, 0.25) is 0 Å². The van der Waals surface area contributed by atoms with E-state index >= 15 is 0 Å². The van der Waals surface area contributed by atoms with E-state index in [-0.39, 0.29) is 5.91 Å². The van der Waals surface area contributed by atoms with Crippen molar-refractivity contribution in [3.63, 3.8) is 0 Å². The van der Waals surface area contributed by atoms with Crippen LogP contribution < -0.4 is 5.73 Å². The van der Waals surface area contributed by atoms with Crippen molar-refractivity contribution in [3.05, 3.63) is 29.3 Å². The molecule has 0 spiro atoms. The van der Waals surface area contributed by atoms with E-state index in [9.17, 15) is 4.79 Å². The van der Waals surface area contributed by atoms with Gasteiger partial charge in [-0.15, -0.1) is 0 Å². The van der Waals surface area contributed by atoms with Crippen LogP contribution in [0.5, 0.6) is 0 Å². The smallest absolute Gasteiger partial charge is 0.253 e. The molecular weight excluding hydrogens is 212 g/mol. The van der Waals surface area contributed by atoms with Crippen LogP contribution in [0.25, 0.3) is 0 Å². The number of nitrogen functional groups attached to an aromatic ring is 1. The van der Waals surface area contributed by atoms with Gasteiger partial charge in [0.05, 0.1) is 0 Å². The Kier molecular flexibility index (Phi) is 4.55. The van der Waals surface area contributed by atoms with Gasteiger partial charge >= 0.3 is 0 Å². The van der Waals surface area contributed by atoms with Gasteiger partial charge in [-0.2, -0.15) is 0 Å². The van der Waals surface area contributed by atoms with Crippen molar-refractivity contribution in [3.8, 4) is 0 Å². The molecule has 0 saturated carbocycles. The normalized spacial score (nSPS) is 12.2. The van der Waals surface area contributed by atoms with E-state index in [2.05, 4.69) is 13.8 Å². The van der Waals surface area contributed by atoms with Crippen molar-refractivity contribution < 1.29 is 4.79 Å². The van der Waals surface area contributed by atoms with Crippen molar-refractivity contribution in [2.75, 3.05) is 19.3 Å². The zero-order chi connectivity index (χ0) is 13.0. The van der Waals surface area contributed by atoms with Gasteiger partial charge in [-0.3, -0.25) is 4.79 Å². The van der Waals surface area contributed by atoms with Crippen molar-refractivity contribution in [2.24, 2.45) is 5.92 Å². The number of carbonyl (C=O) groups excluding carboxylic acids is 1. The number of anilines is 1. The molecule has 1 atom stereocenters. The van der Waals surface area contributed by atoms with Gasteiger partial charge in [-0.05, 0) is 30.5 Å². The van der Waals surface area contributed by atoms with E-state index < -0.39 is 0 Å². The number of rotatable bonds is 4. The number of hydrogen-bond donors (Lipinski definition) is 1. The molecule has 1 rings (SSSR count). The number of nitrogens with two attached hydrogens (primary N) is 1. The number of carbonyl (C=O) groups is 1. The van der Waals surface area contributed by atoms with E-state index in [1.807, 2.05) is 32.2 Å². The van der Waals surface area contributed by atoms with Gasteiger partial charge in [0, 0.05) is 24.8 Å². The highest BCUT2D eigenvalue weighted by Gasteiger charge is 2.16. The highest BCUT2D eigenvalue weighted by molar-refractivity contribution is 5.96. The Labute approximate surface area is 104 Å². The van der Waals surface area contributed by atoms with Crippen LogP contribution >= 0.6 is 0 Å². The van der Waals surface area contributed by atoms with Crippen LogP contribution in [0.4, 0.5) is 5.69 Å². The molecule has 1 aromatic carbocycles. The Morgan fingerprint density at radius 2 is 2.12 bits per heavy atom. The minimum absolute atomic E-state index is 0.0510. The minimum Gasteiger partial charge on any atom is -0.398 e. The summed E-state index contributed by atoms with van der Waals surface area (Å²) >= 11 is 0. The first-order chi connectivity index (χ1) is 7.97. The molecule has 94 valence electrons. The largest absolute Gasteiger partial charge is 0.398 e. The second-order valence-electron chi connectivity index (χ2n) is 4.72. The van der Waals surface area contributed by atoms with Crippen LogP contribution in [-0.2, 0) is 0 Å². The highest BCUT2D eigenvalue weighted by atomic mass is 16.2. The van der Waals surface area contributed by atoms with Crippen molar-refractivity contribution >= 4 is 11.6 Å². The molecule has 17 heavy (non-hydrogen) atoms. The predicted molar refractivity (Wildman–Crippen MR) is 72.0 cm³/mol. The molecule has 1 unspecified atom stereocenters. The Morgan fingerprint density at radius 1 is 1.47 bits per heavy atom. The molecule has 0 radical (unpaired) electrons. The molecule has 0 aliphatic rings.